The van der Waals surface area contributed by atoms with Crippen molar-refractivity contribution in [1.82, 2.24) is 19.8 Å². The Balaban J connectivity index is 1.10. The van der Waals surface area contributed by atoms with E-state index in [-0.39, 0.29) is 49.4 Å². The number of rotatable bonds is 10. The summed E-state index contributed by atoms with van der Waals surface area (Å²) in [7, 11) is 0. The van der Waals surface area contributed by atoms with Gasteiger partial charge >= 0.3 is 6.09 Å². The number of aliphatic hydroxyl groups excluding tert-OH is 1. The first-order valence-corrected chi connectivity index (χ1v) is 15.8. The lowest BCUT2D eigenvalue weighted by molar-refractivity contribution is -0.252. The molecule has 11 nitrogen and oxygen atoms in total. The van der Waals surface area contributed by atoms with Crippen LogP contribution in [-0.4, -0.2) is 49.6 Å². The minimum atomic E-state index is -0.992. The molecule has 244 valence electrons. The van der Waals surface area contributed by atoms with Gasteiger partial charge in [-0.3, -0.25) is 14.5 Å². The fourth-order valence-corrected chi connectivity index (χ4v) is 5.87. The maximum absolute atomic E-state index is 13.0. The van der Waals surface area contributed by atoms with Gasteiger partial charge in [0.1, 0.15) is 17.8 Å². The van der Waals surface area contributed by atoms with Crippen LogP contribution in [0.4, 0.5) is 4.79 Å². The predicted molar refractivity (Wildman–Crippen MR) is 171 cm³/mol. The van der Waals surface area contributed by atoms with Gasteiger partial charge in [-0.1, -0.05) is 102 Å². The van der Waals surface area contributed by atoms with E-state index in [0.29, 0.717) is 23.7 Å². The first kappa shape index (κ1) is 32.7. The number of carbonyl (C=O) groups is 3. The van der Waals surface area contributed by atoms with Gasteiger partial charge in [-0.15, -0.1) is 0 Å². The van der Waals surface area contributed by atoms with Crippen LogP contribution in [0.2, 0.25) is 10.3 Å². The van der Waals surface area contributed by atoms with Crippen LogP contribution in [0.1, 0.15) is 53.1 Å². The molecule has 0 bridgehead atoms. The number of alkyl carbamates (subject to hydrolysis) is 1. The highest BCUT2D eigenvalue weighted by Crippen LogP contribution is 2.39. The van der Waals surface area contributed by atoms with E-state index in [2.05, 4.69) is 10.3 Å². The summed E-state index contributed by atoms with van der Waals surface area (Å²) in [6, 6.07) is 23.0. The molecule has 0 saturated carbocycles. The first-order chi connectivity index (χ1) is 22.8. The molecule has 13 heteroatoms. The van der Waals surface area contributed by atoms with E-state index in [1.807, 2.05) is 66.7 Å². The number of aromatic nitrogens is 2. The maximum atomic E-state index is 13.0. The summed E-state index contributed by atoms with van der Waals surface area (Å²) >= 11 is 12.4. The Kier molecular flexibility index (Phi) is 10.2. The SMILES string of the molecule is O=C(NC1CC(=O)N(Cc2ccc([C@@H]3O[C@H](Cn4cnc(Cl)c4Cl)C[C@H](c4ccc(CO)cc4)O3)cc2)C1=O)OCc1ccccc1. The Bertz CT molecular complexity index is 1720. The van der Waals surface area contributed by atoms with Crippen LogP contribution < -0.4 is 5.32 Å². The molecule has 0 spiro atoms. The van der Waals surface area contributed by atoms with Gasteiger partial charge in [-0.05, 0) is 22.3 Å². The monoisotopic (exact) mass is 678 g/mol. The number of nitrogens with one attached hydrogen (secondary N) is 1. The number of carbonyl (C=O) groups excluding carboxylic acids is 3. The van der Waals surface area contributed by atoms with Crippen LogP contribution in [-0.2, 0) is 50.1 Å². The van der Waals surface area contributed by atoms with Gasteiger partial charge in [-0.25, -0.2) is 9.78 Å². The Labute approximate surface area is 281 Å². The van der Waals surface area contributed by atoms with Crippen LogP contribution in [0.25, 0.3) is 0 Å². The van der Waals surface area contributed by atoms with Crippen LogP contribution in [0, 0.1) is 0 Å². The van der Waals surface area contributed by atoms with E-state index >= 15 is 0 Å². The molecule has 1 unspecified atom stereocenters. The fraction of sp³-hybridized carbons (Fsp3) is 0.294. The van der Waals surface area contributed by atoms with Gasteiger partial charge in [0.25, 0.3) is 5.91 Å². The average Bonchev–Trinajstić information content (AvgIpc) is 3.55. The molecule has 47 heavy (non-hydrogen) atoms. The van der Waals surface area contributed by atoms with E-state index in [1.54, 1.807) is 23.0 Å². The number of amides is 3. The summed E-state index contributed by atoms with van der Waals surface area (Å²) in [5.41, 5.74) is 3.99. The van der Waals surface area contributed by atoms with Crippen LogP contribution in [0.15, 0.2) is 85.2 Å². The van der Waals surface area contributed by atoms with E-state index in [0.717, 1.165) is 27.2 Å². The number of ether oxygens (including phenoxy) is 3. The summed E-state index contributed by atoms with van der Waals surface area (Å²) in [4.78, 5) is 43.2. The summed E-state index contributed by atoms with van der Waals surface area (Å²) in [6.07, 6.45) is -0.156. The largest absolute Gasteiger partial charge is 0.445 e. The number of benzene rings is 3. The smallest absolute Gasteiger partial charge is 0.408 e. The van der Waals surface area contributed by atoms with Gasteiger partial charge in [-0.2, -0.15) is 0 Å². The molecule has 4 aromatic rings. The third kappa shape index (κ3) is 7.83. The number of likely N-dealkylation sites (tertiary alicyclic amines) is 1. The van der Waals surface area contributed by atoms with Crippen molar-refractivity contribution in [2.75, 3.05) is 0 Å². The van der Waals surface area contributed by atoms with Crippen molar-refractivity contribution in [1.29, 1.82) is 0 Å². The highest BCUT2D eigenvalue weighted by Gasteiger charge is 2.40. The number of aliphatic hydroxyl groups is 1. The van der Waals surface area contributed by atoms with Crippen molar-refractivity contribution in [3.05, 3.63) is 123 Å². The molecule has 1 aromatic heterocycles. The molecule has 0 radical (unpaired) electrons. The number of halogens is 2. The third-order valence-corrected chi connectivity index (χ3v) is 8.86. The van der Waals surface area contributed by atoms with Gasteiger partial charge in [0.05, 0.1) is 44.7 Å². The number of imide groups is 1. The Morgan fingerprint density at radius 1 is 0.936 bits per heavy atom. The average molecular weight is 680 g/mol. The normalized spacial score (nSPS) is 21.2. The predicted octanol–water partition coefficient (Wildman–Crippen LogP) is 5.48. The highest BCUT2D eigenvalue weighted by atomic mass is 35.5. The number of hydrogen-bond donors (Lipinski definition) is 2. The Morgan fingerprint density at radius 2 is 1.64 bits per heavy atom. The molecule has 4 atom stereocenters. The minimum absolute atomic E-state index is 0.0455. The lowest BCUT2D eigenvalue weighted by Crippen LogP contribution is -2.41. The molecule has 2 saturated heterocycles. The van der Waals surface area contributed by atoms with Gasteiger partial charge in [0, 0.05) is 12.0 Å². The zero-order chi connectivity index (χ0) is 32.9. The van der Waals surface area contributed by atoms with E-state index in [9.17, 15) is 19.5 Å². The summed E-state index contributed by atoms with van der Waals surface area (Å²) in [5, 5.41) is 12.5. The molecule has 2 aliphatic heterocycles. The van der Waals surface area contributed by atoms with Crippen molar-refractivity contribution in [3.8, 4) is 0 Å². The van der Waals surface area contributed by atoms with Crippen molar-refractivity contribution < 1.29 is 33.7 Å². The molecule has 0 aliphatic carbocycles. The van der Waals surface area contributed by atoms with Crippen molar-refractivity contribution >= 4 is 41.1 Å². The van der Waals surface area contributed by atoms with Crippen LogP contribution in [0.3, 0.4) is 0 Å². The zero-order valence-corrected chi connectivity index (χ0v) is 26.6. The van der Waals surface area contributed by atoms with Crippen LogP contribution in [0.5, 0.6) is 0 Å². The lowest BCUT2D eigenvalue weighted by Gasteiger charge is -2.36. The number of hydrogen-bond acceptors (Lipinski definition) is 8. The number of nitrogens with zero attached hydrogens (tertiary/aromatic N) is 3. The molecule has 2 fully saturated rings. The Morgan fingerprint density at radius 3 is 2.32 bits per heavy atom. The molecule has 2 aliphatic rings. The summed E-state index contributed by atoms with van der Waals surface area (Å²) in [5.74, 6) is -0.881. The fourth-order valence-electron chi connectivity index (χ4n) is 5.55. The summed E-state index contributed by atoms with van der Waals surface area (Å²) < 4.78 is 19.7. The van der Waals surface area contributed by atoms with Gasteiger partial charge in [0.15, 0.2) is 11.4 Å². The second-order valence-electron chi connectivity index (χ2n) is 11.4. The molecular formula is C34H32Cl2N4O7. The molecule has 3 amide bonds. The second kappa shape index (κ2) is 14.7. The lowest BCUT2D eigenvalue weighted by atomic mass is 10.00. The minimum Gasteiger partial charge on any atom is -0.445 e. The third-order valence-electron chi connectivity index (χ3n) is 8.09. The molecule has 6 rings (SSSR count). The van der Waals surface area contributed by atoms with E-state index in [1.165, 1.54) is 0 Å². The molecule has 3 aromatic carbocycles. The molecular weight excluding hydrogens is 647 g/mol. The standard InChI is InChI=1S/C34H32Cl2N4O7/c35-30-31(36)39(20-37-30)17-26-14-28(24-10-8-22(18-41)9-11-24)47-33(46-26)25-12-6-21(7-13-25)16-40-29(42)15-27(32(40)43)38-34(44)45-19-23-4-2-1-3-5-23/h1-13,20,26-28,33,41H,14-19H2,(H,38,44)/t26-,27?,28+,33+/m0/s1. The highest BCUT2D eigenvalue weighted by molar-refractivity contribution is 6.40. The number of imidazole rings is 1. The summed E-state index contributed by atoms with van der Waals surface area (Å²) in [6.45, 7) is 0.439. The van der Waals surface area contributed by atoms with Crippen molar-refractivity contribution in [3.63, 3.8) is 0 Å². The second-order valence-corrected chi connectivity index (χ2v) is 12.1. The van der Waals surface area contributed by atoms with E-state index < -0.39 is 24.3 Å². The van der Waals surface area contributed by atoms with Gasteiger partial charge < -0.3 is 29.2 Å². The first-order valence-electron chi connectivity index (χ1n) is 15.0. The molecule has 2 N–H and O–H groups in total. The van der Waals surface area contributed by atoms with E-state index in [4.69, 9.17) is 37.4 Å². The quantitative estimate of drug-likeness (QED) is 0.211. The molecule has 3 heterocycles. The Hall–Kier alpha value is -4.26. The van der Waals surface area contributed by atoms with Gasteiger partial charge in [0.2, 0.25) is 5.91 Å². The zero-order valence-electron chi connectivity index (χ0n) is 25.1. The van der Waals surface area contributed by atoms with Crippen molar-refractivity contribution in [2.45, 2.75) is 63.7 Å². The van der Waals surface area contributed by atoms with Crippen LogP contribution >= 0.6 is 23.2 Å². The maximum Gasteiger partial charge on any atom is 0.408 e. The topological polar surface area (TPSA) is 132 Å². The van der Waals surface area contributed by atoms with Crippen molar-refractivity contribution in [2.24, 2.45) is 0 Å².